The Morgan fingerprint density at radius 3 is 1.52 bits per heavy atom. The molecule has 0 aromatic heterocycles. The minimum absolute atomic E-state index is 0.243. The third-order valence-electron chi connectivity index (χ3n) is 2.71. The van der Waals surface area contributed by atoms with E-state index in [2.05, 4.69) is 6.58 Å². The molecule has 8 nitrogen and oxygen atoms in total. The molecule has 0 aromatic rings. The molecule has 0 saturated heterocycles. The van der Waals surface area contributed by atoms with Gasteiger partial charge in [0.2, 0.25) is 0 Å². The van der Waals surface area contributed by atoms with Gasteiger partial charge in [-0.2, -0.15) is 0 Å². The zero-order chi connectivity index (χ0) is 18.4. The number of ether oxygens (including phenoxy) is 7. The summed E-state index contributed by atoms with van der Waals surface area (Å²) in [7, 11) is 0. The van der Waals surface area contributed by atoms with E-state index in [0.29, 0.717) is 79.3 Å². The highest BCUT2D eigenvalue weighted by atomic mass is 16.6. The highest BCUT2D eigenvalue weighted by Gasteiger charge is 2.00. The van der Waals surface area contributed by atoms with Gasteiger partial charge < -0.3 is 33.2 Å². The van der Waals surface area contributed by atoms with E-state index in [1.165, 1.54) is 6.26 Å². The first kappa shape index (κ1) is 23.8. The van der Waals surface area contributed by atoms with Gasteiger partial charge in [-0.3, -0.25) is 4.79 Å². The fourth-order valence-electron chi connectivity index (χ4n) is 1.56. The molecule has 0 aliphatic heterocycles. The predicted molar refractivity (Wildman–Crippen MR) is 91.5 cm³/mol. The second-order valence-electron chi connectivity index (χ2n) is 4.65. The maximum Gasteiger partial charge on any atom is 0.308 e. The minimum Gasteiger partial charge on any atom is -0.499 e. The first-order chi connectivity index (χ1) is 12.3. The molecule has 0 unspecified atom stereocenters. The van der Waals surface area contributed by atoms with Crippen molar-refractivity contribution in [2.75, 3.05) is 79.3 Å². The molecule has 0 aliphatic rings. The highest BCUT2D eigenvalue weighted by Crippen LogP contribution is 1.89. The Bertz CT molecular complexity index is 298. The van der Waals surface area contributed by atoms with E-state index < -0.39 is 0 Å². The molecule has 0 radical (unpaired) electrons. The SMILES string of the molecule is C=COCCOCCOCCOCCOCCOCCC(=O)OCC. The molecule has 0 rings (SSSR count). The normalized spacial score (nSPS) is 10.6. The molecular formula is C17H32O8. The summed E-state index contributed by atoms with van der Waals surface area (Å²) in [5, 5.41) is 0. The van der Waals surface area contributed by atoms with Gasteiger partial charge in [0.25, 0.3) is 0 Å². The zero-order valence-corrected chi connectivity index (χ0v) is 15.2. The van der Waals surface area contributed by atoms with Crippen molar-refractivity contribution in [2.45, 2.75) is 13.3 Å². The van der Waals surface area contributed by atoms with E-state index in [9.17, 15) is 4.79 Å². The average molecular weight is 364 g/mol. The molecule has 8 heteroatoms. The lowest BCUT2D eigenvalue weighted by molar-refractivity contribution is -0.144. The Hall–Kier alpha value is -1.19. The summed E-state index contributed by atoms with van der Waals surface area (Å²) in [4.78, 5) is 11.0. The van der Waals surface area contributed by atoms with Crippen molar-refractivity contribution in [3.8, 4) is 0 Å². The van der Waals surface area contributed by atoms with Gasteiger partial charge >= 0.3 is 5.97 Å². The van der Waals surface area contributed by atoms with Crippen LogP contribution >= 0.6 is 0 Å². The van der Waals surface area contributed by atoms with Crippen molar-refractivity contribution >= 4 is 5.97 Å². The van der Waals surface area contributed by atoms with Crippen molar-refractivity contribution in [1.29, 1.82) is 0 Å². The van der Waals surface area contributed by atoms with Crippen molar-refractivity contribution in [2.24, 2.45) is 0 Å². The summed E-state index contributed by atoms with van der Waals surface area (Å²) in [6.07, 6.45) is 1.66. The maximum atomic E-state index is 11.0. The summed E-state index contributed by atoms with van der Waals surface area (Å²) in [6, 6.07) is 0. The van der Waals surface area contributed by atoms with Crippen LogP contribution in [0.25, 0.3) is 0 Å². The summed E-state index contributed by atoms with van der Waals surface area (Å²) in [5.74, 6) is -0.243. The van der Waals surface area contributed by atoms with Crippen molar-refractivity contribution in [3.05, 3.63) is 12.8 Å². The van der Waals surface area contributed by atoms with Gasteiger partial charge in [-0.05, 0) is 6.92 Å². The predicted octanol–water partition coefficient (Wildman–Crippen LogP) is 1.18. The van der Waals surface area contributed by atoms with Gasteiger partial charge in [-0.1, -0.05) is 6.58 Å². The number of hydrogen-bond acceptors (Lipinski definition) is 8. The van der Waals surface area contributed by atoms with Gasteiger partial charge in [0.1, 0.15) is 6.61 Å². The smallest absolute Gasteiger partial charge is 0.308 e. The summed E-state index contributed by atoms with van der Waals surface area (Å²) >= 11 is 0. The number of carbonyl (C=O) groups is 1. The van der Waals surface area contributed by atoms with E-state index in [4.69, 9.17) is 33.2 Å². The Labute approximate surface area is 150 Å². The lowest BCUT2D eigenvalue weighted by Gasteiger charge is -2.08. The molecule has 0 bridgehead atoms. The molecule has 0 heterocycles. The van der Waals surface area contributed by atoms with E-state index >= 15 is 0 Å². The summed E-state index contributed by atoms with van der Waals surface area (Å²) in [5.41, 5.74) is 0. The van der Waals surface area contributed by atoms with Crippen molar-refractivity contribution < 1.29 is 38.0 Å². The van der Waals surface area contributed by atoms with Crippen LogP contribution < -0.4 is 0 Å². The fraction of sp³-hybridized carbons (Fsp3) is 0.824. The highest BCUT2D eigenvalue weighted by molar-refractivity contribution is 5.69. The molecule has 25 heavy (non-hydrogen) atoms. The molecule has 148 valence electrons. The van der Waals surface area contributed by atoms with Gasteiger partial charge in [-0.25, -0.2) is 0 Å². The van der Waals surface area contributed by atoms with Gasteiger partial charge in [0, 0.05) is 0 Å². The fourth-order valence-corrected chi connectivity index (χ4v) is 1.56. The summed E-state index contributed by atoms with van der Waals surface area (Å²) in [6.45, 7) is 11.0. The molecule has 0 N–H and O–H groups in total. The quantitative estimate of drug-likeness (QED) is 0.181. The molecule has 0 atom stereocenters. The number of esters is 1. The van der Waals surface area contributed by atoms with Gasteiger partial charge in [-0.15, -0.1) is 0 Å². The van der Waals surface area contributed by atoms with Crippen molar-refractivity contribution in [1.82, 2.24) is 0 Å². The monoisotopic (exact) mass is 364 g/mol. The van der Waals surface area contributed by atoms with Crippen LogP contribution in [0, 0.1) is 0 Å². The van der Waals surface area contributed by atoms with Crippen LogP contribution in [0.3, 0.4) is 0 Å². The Morgan fingerprint density at radius 1 is 0.720 bits per heavy atom. The molecule has 0 aromatic carbocycles. The van der Waals surface area contributed by atoms with Crippen LogP contribution in [0.2, 0.25) is 0 Å². The second-order valence-corrected chi connectivity index (χ2v) is 4.65. The van der Waals surface area contributed by atoms with E-state index in [1.807, 2.05) is 0 Å². The van der Waals surface area contributed by atoms with Crippen molar-refractivity contribution in [3.63, 3.8) is 0 Å². The lowest BCUT2D eigenvalue weighted by Crippen LogP contribution is -2.14. The van der Waals surface area contributed by atoms with Gasteiger partial charge in [0.05, 0.1) is 85.4 Å². The van der Waals surface area contributed by atoms with Crippen LogP contribution in [0.4, 0.5) is 0 Å². The Morgan fingerprint density at radius 2 is 1.12 bits per heavy atom. The Balaban J connectivity index is 3.03. The first-order valence-electron chi connectivity index (χ1n) is 8.58. The standard InChI is InChI=1S/C17H32O8/c1-3-19-7-8-21-11-12-23-15-16-24-14-13-22-10-9-20-6-5-17(18)25-4-2/h3H,1,4-16H2,2H3. The molecular weight excluding hydrogens is 332 g/mol. The number of rotatable bonds is 20. The van der Waals surface area contributed by atoms with Gasteiger partial charge in [0.15, 0.2) is 0 Å². The topological polar surface area (TPSA) is 81.7 Å². The second kappa shape index (κ2) is 20.9. The van der Waals surface area contributed by atoms with E-state index in [0.717, 1.165) is 0 Å². The number of carbonyl (C=O) groups excluding carboxylic acids is 1. The van der Waals surface area contributed by atoms with E-state index in [1.54, 1.807) is 6.92 Å². The van der Waals surface area contributed by atoms with Crippen LogP contribution in [0.5, 0.6) is 0 Å². The molecule has 0 aliphatic carbocycles. The molecule has 0 spiro atoms. The average Bonchev–Trinajstić information content (AvgIpc) is 2.61. The van der Waals surface area contributed by atoms with Crippen LogP contribution in [0.15, 0.2) is 12.8 Å². The maximum absolute atomic E-state index is 11.0. The largest absolute Gasteiger partial charge is 0.499 e. The lowest BCUT2D eigenvalue weighted by atomic mass is 10.5. The summed E-state index contributed by atoms with van der Waals surface area (Å²) < 4.78 is 36.2. The minimum atomic E-state index is -0.243. The molecule has 0 saturated carbocycles. The number of hydrogen-bond donors (Lipinski definition) is 0. The third kappa shape index (κ3) is 20.8. The van der Waals surface area contributed by atoms with E-state index in [-0.39, 0.29) is 12.4 Å². The first-order valence-corrected chi connectivity index (χ1v) is 8.58. The van der Waals surface area contributed by atoms with Crippen LogP contribution in [-0.2, 0) is 38.0 Å². The zero-order valence-electron chi connectivity index (χ0n) is 15.2. The molecule has 0 amide bonds. The van der Waals surface area contributed by atoms with Crippen LogP contribution in [-0.4, -0.2) is 85.3 Å². The van der Waals surface area contributed by atoms with Crippen LogP contribution in [0.1, 0.15) is 13.3 Å². The molecule has 0 fully saturated rings. The Kier molecular flexibility index (Phi) is 19.9. The third-order valence-corrected chi connectivity index (χ3v) is 2.71.